The van der Waals surface area contributed by atoms with Gasteiger partial charge in [-0.05, 0) is 43.2 Å². The summed E-state index contributed by atoms with van der Waals surface area (Å²) in [6.07, 6.45) is 7.24. The van der Waals surface area contributed by atoms with Crippen LogP contribution in [-0.4, -0.2) is 41.5 Å². The van der Waals surface area contributed by atoms with Gasteiger partial charge in [-0.1, -0.05) is 49.6 Å². The lowest BCUT2D eigenvalue weighted by atomic mass is 9.71. The van der Waals surface area contributed by atoms with Crippen LogP contribution in [0, 0.1) is 11.3 Å². The first-order chi connectivity index (χ1) is 13.1. The summed E-state index contributed by atoms with van der Waals surface area (Å²) < 4.78 is 0. The van der Waals surface area contributed by atoms with Gasteiger partial charge >= 0.3 is 5.97 Å². The normalized spacial score (nSPS) is 22.9. The zero-order valence-corrected chi connectivity index (χ0v) is 16.2. The molecule has 1 saturated heterocycles. The van der Waals surface area contributed by atoms with E-state index in [2.05, 4.69) is 34.5 Å². The van der Waals surface area contributed by atoms with Gasteiger partial charge in [0.05, 0.1) is 12.3 Å². The van der Waals surface area contributed by atoms with E-state index in [0.717, 1.165) is 58.2 Å². The number of hydrogen-bond acceptors (Lipinski definition) is 3. The summed E-state index contributed by atoms with van der Waals surface area (Å²) in [7, 11) is 0. The zero-order valence-electron chi connectivity index (χ0n) is 16.2. The quantitative estimate of drug-likeness (QED) is 0.769. The molecular formula is C22H32N2O3. The molecule has 1 amide bonds. The molecule has 1 saturated carbocycles. The Bertz CT molecular complexity index is 626. The highest BCUT2D eigenvalue weighted by Gasteiger charge is 2.35. The number of benzene rings is 1. The summed E-state index contributed by atoms with van der Waals surface area (Å²) >= 11 is 0. The molecule has 1 atom stereocenters. The van der Waals surface area contributed by atoms with Crippen LogP contribution in [0.2, 0.25) is 0 Å². The number of piperidine rings is 1. The van der Waals surface area contributed by atoms with Crippen LogP contribution in [0.25, 0.3) is 0 Å². The Morgan fingerprint density at radius 3 is 2.56 bits per heavy atom. The van der Waals surface area contributed by atoms with E-state index in [9.17, 15) is 14.7 Å². The third-order valence-electron chi connectivity index (χ3n) is 6.20. The van der Waals surface area contributed by atoms with Crippen molar-refractivity contribution in [3.63, 3.8) is 0 Å². The van der Waals surface area contributed by atoms with Crippen molar-refractivity contribution in [3.05, 3.63) is 35.9 Å². The smallest absolute Gasteiger partial charge is 0.303 e. The SMILES string of the molecule is O=C(O)CC1(CNC(=O)C2CCCN(Cc3ccccc3)C2)CCCCC1. The predicted molar refractivity (Wildman–Crippen MR) is 105 cm³/mol. The van der Waals surface area contributed by atoms with Crippen molar-refractivity contribution >= 4 is 11.9 Å². The van der Waals surface area contributed by atoms with Gasteiger partial charge < -0.3 is 10.4 Å². The molecule has 1 unspecified atom stereocenters. The molecule has 1 aliphatic carbocycles. The van der Waals surface area contributed by atoms with Gasteiger partial charge in [0.2, 0.25) is 5.91 Å². The van der Waals surface area contributed by atoms with Crippen LogP contribution in [0.3, 0.4) is 0 Å². The van der Waals surface area contributed by atoms with E-state index >= 15 is 0 Å². The minimum Gasteiger partial charge on any atom is -0.481 e. The minimum atomic E-state index is -0.752. The van der Waals surface area contributed by atoms with Gasteiger partial charge in [0, 0.05) is 19.6 Å². The predicted octanol–water partition coefficient (Wildman–Crippen LogP) is 3.44. The fourth-order valence-corrected chi connectivity index (χ4v) is 4.71. The van der Waals surface area contributed by atoms with Gasteiger partial charge in [-0.3, -0.25) is 14.5 Å². The number of carboxylic acids is 1. The van der Waals surface area contributed by atoms with E-state index in [1.54, 1.807) is 0 Å². The Labute approximate surface area is 162 Å². The first kappa shape index (κ1) is 19.9. The molecule has 2 fully saturated rings. The largest absolute Gasteiger partial charge is 0.481 e. The van der Waals surface area contributed by atoms with E-state index in [-0.39, 0.29) is 23.7 Å². The second-order valence-electron chi connectivity index (χ2n) is 8.41. The lowest BCUT2D eigenvalue weighted by Gasteiger charge is -2.37. The summed E-state index contributed by atoms with van der Waals surface area (Å²) in [5.41, 5.74) is 1.03. The van der Waals surface area contributed by atoms with Crippen LogP contribution < -0.4 is 5.32 Å². The maximum atomic E-state index is 12.8. The van der Waals surface area contributed by atoms with Crippen molar-refractivity contribution in [3.8, 4) is 0 Å². The average Bonchev–Trinajstić information content (AvgIpc) is 2.67. The Morgan fingerprint density at radius 1 is 1.11 bits per heavy atom. The number of carbonyl (C=O) groups is 2. The van der Waals surface area contributed by atoms with Crippen molar-refractivity contribution < 1.29 is 14.7 Å². The molecule has 5 heteroatoms. The zero-order chi connectivity index (χ0) is 19.1. The second-order valence-corrected chi connectivity index (χ2v) is 8.41. The topological polar surface area (TPSA) is 69.6 Å². The lowest BCUT2D eigenvalue weighted by Crippen LogP contribution is -2.46. The minimum absolute atomic E-state index is 0.00734. The standard InChI is InChI=1S/C22H32N2O3/c25-20(26)14-22(11-5-2-6-12-22)17-23-21(27)19-10-7-13-24(16-19)15-18-8-3-1-4-9-18/h1,3-4,8-9,19H,2,5-7,10-17H2,(H,23,27)(H,25,26). The van der Waals surface area contributed by atoms with Gasteiger partial charge in [0.25, 0.3) is 0 Å². The summed E-state index contributed by atoms with van der Waals surface area (Å²) in [5.74, 6) is -0.645. The third kappa shape index (κ3) is 5.80. The van der Waals surface area contributed by atoms with Crippen molar-refractivity contribution in [2.45, 2.75) is 57.9 Å². The molecule has 0 aromatic heterocycles. The van der Waals surface area contributed by atoms with Gasteiger partial charge in [-0.2, -0.15) is 0 Å². The van der Waals surface area contributed by atoms with E-state index in [0.29, 0.717) is 6.54 Å². The maximum absolute atomic E-state index is 12.8. The highest BCUT2D eigenvalue weighted by Crippen LogP contribution is 2.39. The van der Waals surface area contributed by atoms with Crippen LogP contribution in [0.5, 0.6) is 0 Å². The summed E-state index contributed by atoms with van der Waals surface area (Å²) in [5, 5.41) is 12.4. The third-order valence-corrected chi connectivity index (χ3v) is 6.20. The van der Waals surface area contributed by atoms with E-state index in [4.69, 9.17) is 0 Å². The Kier molecular flexibility index (Phi) is 6.89. The van der Waals surface area contributed by atoms with E-state index in [1.807, 2.05) is 6.07 Å². The number of nitrogens with one attached hydrogen (secondary N) is 1. The molecule has 1 heterocycles. The summed E-state index contributed by atoms with van der Waals surface area (Å²) in [6.45, 7) is 3.20. The number of hydrogen-bond donors (Lipinski definition) is 2. The fourth-order valence-electron chi connectivity index (χ4n) is 4.71. The number of likely N-dealkylation sites (tertiary alicyclic amines) is 1. The highest BCUT2D eigenvalue weighted by molar-refractivity contribution is 5.79. The van der Waals surface area contributed by atoms with E-state index in [1.165, 1.54) is 12.0 Å². The van der Waals surface area contributed by atoms with Crippen LogP contribution in [0.4, 0.5) is 0 Å². The van der Waals surface area contributed by atoms with Crippen molar-refractivity contribution in [2.75, 3.05) is 19.6 Å². The monoisotopic (exact) mass is 372 g/mol. The number of amides is 1. The summed E-state index contributed by atoms with van der Waals surface area (Å²) in [4.78, 5) is 26.5. The summed E-state index contributed by atoms with van der Waals surface area (Å²) in [6, 6.07) is 10.4. The maximum Gasteiger partial charge on any atom is 0.303 e. The van der Waals surface area contributed by atoms with Crippen molar-refractivity contribution in [2.24, 2.45) is 11.3 Å². The molecule has 1 aromatic rings. The van der Waals surface area contributed by atoms with E-state index < -0.39 is 5.97 Å². The van der Waals surface area contributed by atoms with Crippen molar-refractivity contribution in [1.29, 1.82) is 0 Å². The van der Waals surface area contributed by atoms with Gasteiger partial charge in [0.1, 0.15) is 0 Å². The molecule has 2 N–H and O–H groups in total. The number of aliphatic carboxylic acids is 1. The molecule has 0 radical (unpaired) electrons. The van der Waals surface area contributed by atoms with Gasteiger partial charge in [-0.25, -0.2) is 0 Å². The number of rotatable bonds is 7. The molecule has 0 bridgehead atoms. The van der Waals surface area contributed by atoms with Crippen molar-refractivity contribution in [1.82, 2.24) is 10.2 Å². The molecule has 1 aromatic carbocycles. The lowest BCUT2D eigenvalue weighted by molar-refractivity contribution is -0.141. The molecular weight excluding hydrogens is 340 g/mol. The molecule has 5 nitrogen and oxygen atoms in total. The molecule has 2 aliphatic rings. The Morgan fingerprint density at radius 2 is 1.85 bits per heavy atom. The Hall–Kier alpha value is -1.88. The highest BCUT2D eigenvalue weighted by atomic mass is 16.4. The number of carbonyl (C=O) groups excluding carboxylic acids is 1. The molecule has 1 aliphatic heterocycles. The van der Waals surface area contributed by atoms with Gasteiger partial charge in [0.15, 0.2) is 0 Å². The first-order valence-electron chi connectivity index (χ1n) is 10.3. The van der Waals surface area contributed by atoms with Crippen LogP contribution in [0.15, 0.2) is 30.3 Å². The van der Waals surface area contributed by atoms with Crippen LogP contribution >= 0.6 is 0 Å². The first-order valence-corrected chi connectivity index (χ1v) is 10.3. The van der Waals surface area contributed by atoms with Crippen LogP contribution in [0.1, 0.15) is 56.9 Å². The average molecular weight is 373 g/mol. The van der Waals surface area contributed by atoms with Crippen LogP contribution in [-0.2, 0) is 16.1 Å². The molecule has 3 rings (SSSR count). The number of nitrogens with zero attached hydrogens (tertiary/aromatic N) is 1. The molecule has 0 spiro atoms. The van der Waals surface area contributed by atoms with Gasteiger partial charge in [-0.15, -0.1) is 0 Å². The fraction of sp³-hybridized carbons (Fsp3) is 0.636. The molecule has 148 valence electrons. The second kappa shape index (κ2) is 9.36. The number of carboxylic acid groups (broad SMARTS) is 1. The molecule has 27 heavy (non-hydrogen) atoms. The Balaban J connectivity index is 1.52.